The van der Waals surface area contributed by atoms with E-state index in [1.807, 2.05) is 0 Å². The van der Waals surface area contributed by atoms with Crippen LogP contribution in [-0.2, 0) is 6.54 Å². The highest BCUT2D eigenvalue weighted by Crippen LogP contribution is 2.15. The third-order valence-electron chi connectivity index (χ3n) is 3.74. The van der Waals surface area contributed by atoms with Gasteiger partial charge in [0.1, 0.15) is 12.0 Å². The molecule has 1 aliphatic heterocycles. The Morgan fingerprint density at radius 1 is 1.48 bits per heavy atom. The molecule has 0 aromatic carbocycles. The van der Waals surface area contributed by atoms with Crippen LogP contribution in [0.4, 0.5) is 0 Å². The summed E-state index contributed by atoms with van der Waals surface area (Å²) >= 11 is 0. The smallest absolute Gasteiger partial charge is 0.254 e. The van der Waals surface area contributed by atoms with Crippen LogP contribution in [-0.4, -0.2) is 36.5 Å². The molecule has 1 saturated heterocycles. The van der Waals surface area contributed by atoms with Crippen LogP contribution in [0.2, 0.25) is 0 Å². The number of hydrogen-bond acceptors (Lipinski definition) is 4. The van der Waals surface area contributed by atoms with Crippen molar-refractivity contribution in [1.82, 2.24) is 10.2 Å². The molecule has 0 aliphatic carbocycles. The predicted octanol–water partition coefficient (Wildman–Crippen LogP) is 2.19. The van der Waals surface area contributed by atoms with Crippen LogP contribution in [0, 0.1) is 0 Å². The average molecular weight is 338 g/mol. The molecule has 0 radical (unpaired) electrons. The summed E-state index contributed by atoms with van der Waals surface area (Å²) in [5, 5.41) is 2.92. The molecule has 122 valence electrons. The van der Waals surface area contributed by atoms with Crippen LogP contribution in [0.5, 0.6) is 0 Å². The van der Waals surface area contributed by atoms with Crippen molar-refractivity contribution in [1.29, 1.82) is 0 Å². The monoisotopic (exact) mass is 337 g/mol. The van der Waals surface area contributed by atoms with E-state index in [2.05, 4.69) is 17.1 Å². The Morgan fingerprint density at radius 3 is 2.86 bits per heavy atom. The van der Waals surface area contributed by atoms with Crippen LogP contribution < -0.4 is 11.1 Å². The summed E-state index contributed by atoms with van der Waals surface area (Å²) < 4.78 is 5.15. The second kappa shape index (κ2) is 10.1. The van der Waals surface area contributed by atoms with Gasteiger partial charge in [-0.3, -0.25) is 9.69 Å². The SMILES string of the molecule is CC1CCCCN1CCNC(=O)c1coc(CN)c1.Cl.Cl. The van der Waals surface area contributed by atoms with E-state index in [0.29, 0.717) is 30.5 Å². The second-order valence-electron chi connectivity index (χ2n) is 5.14. The number of piperidine rings is 1. The zero-order valence-corrected chi connectivity index (χ0v) is 14.0. The highest BCUT2D eigenvalue weighted by Gasteiger charge is 2.17. The summed E-state index contributed by atoms with van der Waals surface area (Å²) in [6, 6.07) is 2.32. The summed E-state index contributed by atoms with van der Waals surface area (Å²) in [6.45, 7) is 5.30. The van der Waals surface area contributed by atoms with Gasteiger partial charge < -0.3 is 15.5 Å². The zero-order valence-electron chi connectivity index (χ0n) is 12.3. The third-order valence-corrected chi connectivity index (χ3v) is 3.74. The average Bonchev–Trinajstić information content (AvgIpc) is 2.90. The molecule has 1 fully saturated rings. The normalized spacial score (nSPS) is 18.5. The van der Waals surface area contributed by atoms with Crippen molar-refractivity contribution in [3.05, 3.63) is 23.7 Å². The van der Waals surface area contributed by atoms with Gasteiger partial charge in [0.15, 0.2) is 0 Å². The number of hydrogen-bond donors (Lipinski definition) is 2. The van der Waals surface area contributed by atoms with Gasteiger partial charge in [-0.1, -0.05) is 6.42 Å². The van der Waals surface area contributed by atoms with E-state index in [9.17, 15) is 4.79 Å². The summed E-state index contributed by atoms with van der Waals surface area (Å²) in [5.41, 5.74) is 5.99. The van der Waals surface area contributed by atoms with Gasteiger partial charge in [-0.2, -0.15) is 0 Å². The first-order valence-corrected chi connectivity index (χ1v) is 7.00. The number of carbonyl (C=O) groups is 1. The predicted molar refractivity (Wildman–Crippen MR) is 88.3 cm³/mol. The molecule has 2 rings (SSSR count). The summed E-state index contributed by atoms with van der Waals surface area (Å²) in [5.74, 6) is 0.544. The molecule has 1 aromatic rings. The van der Waals surface area contributed by atoms with Crippen molar-refractivity contribution >= 4 is 30.7 Å². The number of nitrogens with one attached hydrogen (secondary N) is 1. The lowest BCUT2D eigenvalue weighted by Gasteiger charge is -2.33. The van der Waals surface area contributed by atoms with Gasteiger partial charge in [0.05, 0.1) is 12.1 Å². The summed E-state index contributed by atoms with van der Waals surface area (Å²) in [6.07, 6.45) is 5.30. The van der Waals surface area contributed by atoms with Crippen molar-refractivity contribution < 1.29 is 9.21 Å². The van der Waals surface area contributed by atoms with Crippen molar-refractivity contribution in [2.45, 2.75) is 38.8 Å². The molecule has 1 aliphatic rings. The molecule has 0 saturated carbocycles. The van der Waals surface area contributed by atoms with Crippen LogP contribution >= 0.6 is 24.8 Å². The topological polar surface area (TPSA) is 71.5 Å². The minimum Gasteiger partial charge on any atom is -0.467 e. The standard InChI is InChI=1S/C14H23N3O2.2ClH/c1-11-4-2-3-6-17(11)7-5-16-14(18)12-8-13(9-15)19-10-12;;/h8,10-11H,2-7,9,15H2,1H3,(H,16,18);2*1H. The van der Waals surface area contributed by atoms with Gasteiger partial charge in [0.25, 0.3) is 5.91 Å². The number of likely N-dealkylation sites (tertiary alicyclic amines) is 1. The Morgan fingerprint density at radius 2 is 2.24 bits per heavy atom. The fraction of sp³-hybridized carbons (Fsp3) is 0.643. The fourth-order valence-electron chi connectivity index (χ4n) is 2.51. The Hall–Kier alpha value is -0.750. The van der Waals surface area contributed by atoms with Gasteiger partial charge in [-0.25, -0.2) is 0 Å². The minimum absolute atomic E-state index is 0. The van der Waals surface area contributed by atoms with Crippen molar-refractivity contribution in [3.63, 3.8) is 0 Å². The molecule has 1 amide bonds. The quantitative estimate of drug-likeness (QED) is 0.863. The van der Waals surface area contributed by atoms with Gasteiger partial charge in [0.2, 0.25) is 0 Å². The van der Waals surface area contributed by atoms with Crippen molar-refractivity contribution in [2.24, 2.45) is 5.73 Å². The van der Waals surface area contributed by atoms with Crippen LogP contribution in [0.1, 0.15) is 42.3 Å². The van der Waals surface area contributed by atoms with E-state index in [-0.39, 0.29) is 30.7 Å². The highest BCUT2D eigenvalue weighted by molar-refractivity contribution is 5.93. The molecule has 21 heavy (non-hydrogen) atoms. The number of carbonyl (C=O) groups excluding carboxylic acids is 1. The number of nitrogens with zero attached hydrogens (tertiary/aromatic N) is 1. The number of halogens is 2. The van der Waals surface area contributed by atoms with E-state index in [1.165, 1.54) is 25.5 Å². The van der Waals surface area contributed by atoms with Crippen molar-refractivity contribution in [3.8, 4) is 0 Å². The molecular weight excluding hydrogens is 313 g/mol. The van der Waals surface area contributed by atoms with Gasteiger partial charge in [0, 0.05) is 19.1 Å². The molecule has 0 bridgehead atoms. The first kappa shape index (κ1) is 20.2. The molecule has 5 nitrogen and oxygen atoms in total. The lowest BCUT2D eigenvalue weighted by atomic mass is 10.0. The van der Waals surface area contributed by atoms with E-state index in [4.69, 9.17) is 10.2 Å². The van der Waals surface area contributed by atoms with Crippen LogP contribution in [0.15, 0.2) is 16.7 Å². The molecule has 7 heteroatoms. The minimum atomic E-state index is -0.0897. The number of amides is 1. The third kappa shape index (κ3) is 5.87. The summed E-state index contributed by atoms with van der Waals surface area (Å²) in [7, 11) is 0. The molecule has 2 heterocycles. The maximum Gasteiger partial charge on any atom is 0.254 e. The highest BCUT2D eigenvalue weighted by atomic mass is 35.5. The number of rotatable bonds is 5. The van der Waals surface area contributed by atoms with E-state index in [0.717, 1.165) is 13.1 Å². The van der Waals surface area contributed by atoms with Crippen molar-refractivity contribution in [2.75, 3.05) is 19.6 Å². The zero-order chi connectivity index (χ0) is 13.7. The van der Waals surface area contributed by atoms with Gasteiger partial charge >= 0.3 is 0 Å². The molecule has 1 aromatic heterocycles. The largest absolute Gasteiger partial charge is 0.467 e. The Labute approximate surface area is 138 Å². The Kier molecular flexibility index (Phi) is 9.70. The van der Waals surface area contributed by atoms with E-state index in [1.54, 1.807) is 6.07 Å². The molecule has 0 spiro atoms. The van der Waals surface area contributed by atoms with Crippen LogP contribution in [0.25, 0.3) is 0 Å². The first-order valence-electron chi connectivity index (χ1n) is 7.00. The van der Waals surface area contributed by atoms with E-state index >= 15 is 0 Å². The number of nitrogens with two attached hydrogens (primary N) is 1. The van der Waals surface area contributed by atoms with E-state index < -0.39 is 0 Å². The van der Waals surface area contributed by atoms with Crippen LogP contribution in [0.3, 0.4) is 0 Å². The number of furan rings is 1. The Bertz CT molecular complexity index is 426. The lowest BCUT2D eigenvalue weighted by molar-refractivity contribution is 0.0938. The summed E-state index contributed by atoms with van der Waals surface area (Å²) in [4.78, 5) is 14.3. The Balaban J connectivity index is 0.00000200. The molecule has 3 N–H and O–H groups in total. The fourth-order valence-corrected chi connectivity index (χ4v) is 2.51. The first-order chi connectivity index (χ1) is 9.20. The maximum absolute atomic E-state index is 11.9. The molecular formula is C14H25Cl2N3O2. The maximum atomic E-state index is 11.9. The molecule has 1 atom stereocenters. The lowest BCUT2D eigenvalue weighted by Crippen LogP contribution is -2.42. The molecule has 1 unspecified atom stereocenters. The van der Waals surface area contributed by atoms with Gasteiger partial charge in [-0.15, -0.1) is 24.8 Å². The second-order valence-corrected chi connectivity index (χ2v) is 5.14. The van der Waals surface area contributed by atoms with Gasteiger partial charge in [-0.05, 0) is 32.4 Å².